The van der Waals surface area contributed by atoms with Crippen molar-refractivity contribution in [1.82, 2.24) is 9.88 Å². The molecule has 0 saturated carbocycles. The van der Waals surface area contributed by atoms with Crippen molar-refractivity contribution >= 4 is 17.2 Å². The summed E-state index contributed by atoms with van der Waals surface area (Å²) in [7, 11) is 1.77. The van der Waals surface area contributed by atoms with Crippen LogP contribution in [-0.2, 0) is 11.2 Å². The first kappa shape index (κ1) is 17.2. The molecule has 130 valence electrons. The molecule has 0 atom stereocenters. The van der Waals surface area contributed by atoms with Crippen LogP contribution in [0.15, 0.2) is 52.3 Å². The van der Waals surface area contributed by atoms with E-state index in [1.54, 1.807) is 23.3 Å². The van der Waals surface area contributed by atoms with E-state index < -0.39 is 0 Å². The van der Waals surface area contributed by atoms with Crippen molar-refractivity contribution < 1.29 is 13.9 Å². The number of carbonyl (C=O) groups is 1. The van der Waals surface area contributed by atoms with Gasteiger partial charge in [0.1, 0.15) is 18.1 Å². The average Bonchev–Trinajstić information content (AvgIpc) is 3.26. The Balaban J connectivity index is 1.53. The lowest BCUT2D eigenvalue weighted by Crippen LogP contribution is -2.32. The fourth-order valence-electron chi connectivity index (χ4n) is 2.32. The summed E-state index contributed by atoms with van der Waals surface area (Å²) < 4.78 is 11.3. The molecule has 0 aliphatic carbocycles. The molecule has 0 aliphatic rings. The summed E-state index contributed by atoms with van der Waals surface area (Å²) in [6.45, 7) is 2.80. The van der Waals surface area contributed by atoms with Crippen molar-refractivity contribution in [3.8, 4) is 16.5 Å². The zero-order valence-electron chi connectivity index (χ0n) is 14.3. The highest BCUT2D eigenvalue weighted by molar-refractivity contribution is 7.13. The number of aromatic nitrogens is 1. The number of thiophene rings is 1. The lowest BCUT2D eigenvalue weighted by atomic mass is 10.2. The number of benzene rings is 1. The first-order valence-corrected chi connectivity index (χ1v) is 8.93. The standard InChI is InChI=1S/C19H20N2O3S/c1-14-16(20-19(24-14)17-9-6-12-25-17)13-18(22)21(2)10-11-23-15-7-4-3-5-8-15/h3-9,12H,10-11,13H2,1-2H3. The summed E-state index contributed by atoms with van der Waals surface area (Å²) in [6.07, 6.45) is 0.225. The van der Waals surface area contributed by atoms with E-state index in [4.69, 9.17) is 9.15 Å². The van der Waals surface area contributed by atoms with Crippen molar-refractivity contribution in [3.05, 3.63) is 59.3 Å². The lowest BCUT2D eigenvalue weighted by Gasteiger charge is -2.17. The molecule has 0 bridgehead atoms. The summed E-state index contributed by atoms with van der Waals surface area (Å²) in [4.78, 5) is 19.5. The minimum Gasteiger partial charge on any atom is -0.492 e. The molecule has 5 nitrogen and oxygen atoms in total. The third-order valence-electron chi connectivity index (χ3n) is 3.81. The third-order valence-corrected chi connectivity index (χ3v) is 4.67. The topological polar surface area (TPSA) is 55.6 Å². The molecule has 2 heterocycles. The van der Waals surface area contributed by atoms with E-state index in [0.717, 1.165) is 10.6 Å². The van der Waals surface area contributed by atoms with Crippen LogP contribution in [0.1, 0.15) is 11.5 Å². The van der Waals surface area contributed by atoms with Crippen LogP contribution in [0, 0.1) is 6.92 Å². The van der Waals surface area contributed by atoms with Crippen LogP contribution in [0.2, 0.25) is 0 Å². The van der Waals surface area contributed by atoms with Crippen molar-refractivity contribution in [2.45, 2.75) is 13.3 Å². The fraction of sp³-hybridized carbons (Fsp3) is 0.263. The van der Waals surface area contributed by atoms with E-state index in [0.29, 0.717) is 30.5 Å². The van der Waals surface area contributed by atoms with Gasteiger partial charge in [0.25, 0.3) is 0 Å². The zero-order valence-corrected chi connectivity index (χ0v) is 15.1. The highest BCUT2D eigenvalue weighted by Gasteiger charge is 2.17. The first-order chi connectivity index (χ1) is 12.1. The number of hydrogen-bond donors (Lipinski definition) is 0. The van der Waals surface area contributed by atoms with Crippen molar-refractivity contribution in [2.24, 2.45) is 0 Å². The molecule has 3 rings (SSSR count). The normalized spacial score (nSPS) is 10.6. The number of nitrogens with zero attached hydrogens (tertiary/aromatic N) is 2. The van der Waals surface area contributed by atoms with Crippen LogP contribution in [0.4, 0.5) is 0 Å². The van der Waals surface area contributed by atoms with Gasteiger partial charge in [0, 0.05) is 7.05 Å². The van der Waals surface area contributed by atoms with E-state index in [9.17, 15) is 4.79 Å². The second kappa shape index (κ2) is 7.98. The number of likely N-dealkylation sites (N-methyl/N-ethyl adjacent to an activating group) is 1. The molecule has 6 heteroatoms. The summed E-state index contributed by atoms with van der Waals surface area (Å²) >= 11 is 1.56. The average molecular weight is 356 g/mol. The van der Waals surface area contributed by atoms with E-state index in [2.05, 4.69) is 4.98 Å². The largest absolute Gasteiger partial charge is 0.492 e. The number of rotatable bonds is 7. The van der Waals surface area contributed by atoms with Gasteiger partial charge in [0.2, 0.25) is 11.8 Å². The Labute approximate surface area is 150 Å². The molecule has 3 aromatic rings. The van der Waals surface area contributed by atoms with Gasteiger partial charge in [-0.3, -0.25) is 4.79 Å². The van der Waals surface area contributed by atoms with E-state index in [-0.39, 0.29) is 12.3 Å². The molecule has 1 aromatic carbocycles. The predicted molar refractivity (Wildman–Crippen MR) is 97.8 cm³/mol. The Hall–Kier alpha value is -2.60. The Morgan fingerprint density at radius 3 is 2.76 bits per heavy atom. The molecule has 0 N–H and O–H groups in total. The number of hydrogen-bond acceptors (Lipinski definition) is 5. The highest BCUT2D eigenvalue weighted by Crippen LogP contribution is 2.26. The number of ether oxygens (including phenoxy) is 1. The van der Waals surface area contributed by atoms with Crippen LogP contribution < -0.4 is 4.74 Å². The van der Waals surface area contributed by atoms with Gasteiger partial charge in [-0.25, -0.2) is 4.98 Å². The minimum atomic E-state index is -0.00853. The first-order valence-electron chi connectivity index (χ1n) is 8.05. The summed E-state index contributed by atoms with van der Waals surface area (Å²) in [5.41, 5.74) is 0.684. The summed E-state index contributed by atoms with van der Waals surface area (Å²) in [5.74, 6) is 2.05. The number of oxazole rings is 1. The fourth-order valence-corrected chi connectivity index (χ4v) is 2.97. The van der Waals surface area contributed by atoms with Crippen molar-refractivity contribution in [1.29, 1.82) is 0 Å². The molecular formula is C19H20N2O3S. The Morgan fingerprint density at radius 2 is 2.04 bits per heavy atom. The number of aryl methyl sites for hydroxylation is 1. The Kier molecular flexibility index (Phi) is 5.50. The quantitative estimate of drug-likeness (QED) is 0.646. The van der Waals surface area contributed by atoms with Crippen molar-refractivity contribution in [2.75, 3.05) is 20.2 Å². The maximum atomic E-state index is 12.4. The molecule has 0 saturated heterocycles. The molecule has 1 amide bonds. The third kappa shape index (κ3) is 4.48. The summed E-state index contributed by atoms with van der Waals surface area (Å²) in [6, 6.07) is 13.5. The van der Waals surface area contributed by atoms with Crippen LogP contribution in [0.3, 0.4) is 0 Å². The molecule has 0 fully saturated rings. The minimum absolute atomic E-state index is 0.00853. The van der Waals surface area contributed by atoms with E-state index in [1.807, 2.05) is 54.8 Å². The van der Waals surface area contributed by atoms with Crippen molar-refractivity contribution in [3.63, 3.8) is 0 Å². The second-order valence-corrected chi connectivity index (χ2v) is 6.60. The zero-order chi connectivity index (χ0) is 17.6. The van der Waals surface area contributed by atoms with Crippen LogP contribution in [0.5, 0.6) is 5.75 Å². The van der Waals surface area contributed by atoms with Crippen LogP contribution in [-0.4, -0.2) is 36.0 Å². The Morgan fingerprint density at radius 1 is 1.24 bits per heavy atom. The molecule has 2 aromatic heterocycles. The maximum Gasteiger partial charge on any atom is 0.236 e. The number of carbonyl (C=O) groups excluding carboxylic acids is 1. The van der Waals surface area contributed by atoms with E-state index >= 15 is 0 Å². The van der Waals surface area contributed by atoms with Gasteiger partial charge in [0.05, 0.1) is 23.5 Å². The molecule has 0 radical (unpaired) electrons. The monoisotopic (exact) mass is 356 g/mol. The molecular weight excluding hydrogens is 336 g/mol. The Bertz CT molecular complexity index is 813. The summed E-state index contributed by atoms with van der Waals surface area (Å²) in [5, 5.41) is 1.97. The maximum absolute atomic E-state index is 12.4. The second-order valence-electron chi connectivity index (χ2n) is 5.65. The number of para-hydroxylation sites is 1. The van der Waals surface area contributed by atoms with Gasteiger partial charge in [-0.2, -0.15) is 0 Å². The molecule has 25 heavy (non-hydrogen) atoms. The van der Waals surface area contributed by atoms with Crippen LogP contribution >= 0.6 is 11.3 Å². The SMILES string of the molecule is Cc1oc(-c2cccs2)nc1CC(=O)N(C)CCOc1ccccc1. The predicted octanol–water partition coefficient (Wildman–Crippen LogP) is 3.79. The molecule has 0 unspecified atom stereocenters. The van der Waals surface area contributed by atoms with Gasteiger partial charge in [-0.15, -0.1) is 11.3 Å². The highest BCUT2D eigenvalue weighted by atomic mass is 32.1. The molecule has 0 spiro atoms. The van der Waals surface area contributed by atoms with Gasteiger partial charge in [-0.1, -0.05) is 24.3 Å². The van der Waals surface area contributed by atoms with Gasteiger partial charge < -0.3 is 14.1 Å². The lowest BCUT2D eigenvalue weighted by molar-refractivity contribution is -0.129. The number of amides is 1. The van der Waals surface area contributed by atoms with E-state index in [1.165, 1.54) is 0 Å². The van der Waals surface area contributed by atoms with Gasteiger partial charge in [-0.05, 0) is 30.5 Å². The van der Waals surface area contributed by atoms with Gasteiger partial charge in [0.15, 0.2) is 0 Å². The molecule has 0 aliphatic heterocycles. The smallest absolute Gasteiger partial charge is 0.236 e. The van der Waals surface area contributed by atoms with Gasteiger partial charge >= 0.3 is 0 Å². The van der Waals surface area contributed by atoms with Crippen LogP contribution in [0.25, 0.3) is 10.8 Å².